The zero-order valence-electron chi connectivity index (χ0n) is 9.70. The van der Waals surface area contributed by atoms with E-state index in [1.165, 1.54) is 0 Å². The van der Waals surface area contributed by atoms with Gasteiger partial charge in [0.1, 0.15) is 0 Å². The Bertz CT molecular complexity index is 1000. The third-order valence-electron chi connectivity index (χ3n) is 3.36. The summed E-state index contributed by atoms with van der Waals surface area (Å²) in [7, 11) is 0. The van der Waals surface area contributed by atoms with E-state index < -0.39 is 0 Å². The van der Waals surface area contributed by atoms with Gasteiger partial charge in [-0.1, -0.05) is 24.3 Å². The molecule has 0 atom stereocenters. The number of hydrogen-bond donors (Lipinski definition) is 2. The molecule has 0 radical (unpaired) electrons. The number of halogens is 1. The van der Waals surface area contributed by atoms with Crippen molar-refractivity contribution in [3.05, 3.63) is 52.2 Å². The highest BCUT2D eigenvalue weighted by Crippen LogP contribution is 2.32. The first-order valence-corrected chi connectivity index (χ1v) is 6.21. The van der Waals surface area contributed by atoms with Crippen molar-refractivity contribution in [2.24, 2.45) is 0 Å². The molecule has 0 saturated carbocycles. The number of rotatable bonds is 0. The molecule has 0 fully saturated rings. The second kappa shape index (κ2) is 3.59. The van der Waals surface area contributed by atoms with Crippen molar-refractivity contribution in [3.63, 3.8) is 0 Å². The van der Waals surface area contributed by atoms with Gasteiger partial charge in [-0.25, -0.2) is 4.98 Å². The van der Waals surface area contributed by atoms with Crippen molar-refractivity contribution in [2.45, 2.75) is 0 Å². The molecule has 0 spiro atoms. The van der Waals surface area contributed by atoms with Crippen LogP contribution in [0.3, 0.4) is 0 Å². The summed E-state index contributed by atoms with van der Waals surface area (Å²) in [6, 6.07) is 9.57. The van der Waals surface area contributed by atoms with Gasteiger partial charge in [0.05, 0.1) is 16.4 Å². The van der Waals surface area contributed by atoms with Crippen molar-refractivity contribution in [1.29, 1.82) is 0 Å². The molecule has 0 aliphatic carbocycles. The molecule has 0 unspecified atom stereocenters. The molecule has 5 heteroatoms. The van der Waals surface area contributed by atoms with E-state index in [0.717, 1.165) is 27.2 Å². The van der Waals surface area contributed by atoms with Gasteiger partial charge < -0.3 is 9.97 Å². The summed E-state index contributed by atoms with van der Waals surface area (Å²) in [5, 5.41) is 3.62. The number of nitrogens with one attached hydrogen (secondary N) is 2. The summed E-state index contributed by atoms with van der Waals surface area (Å²) >= 11 is 5.97. The number of aromatic amines is 2. The Kier molecular flexibility index (Phi) is 2.00. The molecule has 4 aromatic rings. The average molecular weight is 270 g/mol. The number of imidazole rings is 1. The van der Waals surface area contributed by atoms with Crippen molar-refractivity contribution in [3.8, 4) is 0 Å². The van der Waals surface area contributed by atoms with E-state index in [0.29, 0.717) is 10.7 Å². The van der Waals surface area contributed by atoms with Crippen LogP contribution in [0.25, 0.3) is 32.6 Å². The highest BCUT2D eigenvalue weighted by molar-refractivity contribution is 6.31. The van der Waals surface area contributed by atoms with Crippen molar-refractivity contribution in [1.82, 2.24) is 15.0 Å². The Morgan fingerprint density at radius 1 is 1.05 bits per heavy atom. The second-order valence-electron chi connectivity index (χ2n) is 4.39. The van der Waals surface area contributed by atoms with Crippen LogP contribution in [0.5, 0.6) is 0 Å². The summed E-state index contributed by atoms with van der Waals surface area (Å²) in [6.07, 6.45) is 1.63. The lowest BCUT2D eigenvalue weighted by Crippen LogP contribution is -2.05. The molecule has 0 bridgehead atoms. The quantitative estimate of drug-likeness (QED) is 0.482. The van der Waals surface area contributed by atoms with Gasteiger partial charge >= 0.3 is 0 Å². The van der Waals surface area contributed by atoms with E-state index in [4.69, 9.17) is 11.6 Å². The minimum absolute atomic E-state index is 0.110. The number of H-pyrrole nitrogens is 2. The first kappa shape index (κ1) is 10.6. The van der Waals surface area contributed by atoms with Gasteiger partial charge in [-0.3, -0.25) is 4.79 Å². The Hall–Kier alpha value is -2.33. The van der Waals surface area contributed by atoms with Gasteiger partial charge in [0.2, 0.25) is 5.28 Å². The van der Waals surface area contributed by atoms with Crippen molar-refractivity contribution < 1.29 is 0 Å². The normalized spacial score (nSPS) is 11.6. The lowest BCUT2D eigenvalue weighted by Gasteiger charge is -2.04. The molecular formula is C14H8ClN3O. The molecule has 92 valence electrons. The molecule has 2 heterocycles. The molecule has 0 aliphatic rings. The highest BCUT2D eigenvalue weighted by Gasteiger charge is 2.13. The van der Waals surface area contributed by atoms with Gasteiger partial charge in [0.15, 0.2) is 0 Å². The Morgan fingerprint density at radius 2 is 1.84 bits per heavy atom. The SMILES string of the molecule is O=c1[nH]ccc2c3[nH]c(Cl)nc3c3ccccc3c12. The Balaban J connectivity index is 2.51. The minimum atomic E-state index is -0.110. The molecule has 0 saturated heterocycles. The molecule has 0 amide bonds. The maximum absolute atomic E-state index is 12.1. The predicted molar refractivity (Wildman–Crippen MR) is 76.7 cm³/mol. The lowest BCUT2D eigenvalue weighted by atomic mass is 10.0. The molecule has 4 nitrogen and oxygen atoms in total. The molecule has 4 rings (SSSR count). The van der Waals surface area contributed by atoms with Crippen LogP contribution in [0.15, 0.2) is 41.3 Å². The first-order chi connectivity index (χ1) is 9.25. The van der Waals surface area contributed by atoms with E-state index in [1.54, 1.807) is 6.20 Å². The van der Waals surface area contributed by atoms with Crippen LogP contribution >= 0.6 is 11.6 Å². The van der Waals surface area contributed by atoms with E-state index in [9.17, 15) is 4.79 Å². The van der Waals surface area contributed by atoms with E-state index in [2.05, 4.69) is 15.0 Å². The monoisotopic (exact) mass is 269 g/mol. The van der Waals surface area contributed by atoms with Crippen LogP contribution in [0.4, 0.5) is 0 Å². The molecular weight excluding hydrogens is 262 g/mol. The maximum Gasteiger partial charge on any atom is 0.256 e. The summed E-state index contributed by atoms with van der Waals surface area (Å²) in [6.45, 7) is 0. The molecule has 2 aromatic carbocycles. The lowest BCUT2D eigenvalue weighted by molar-refractivity contribution is 1.28. The van der Waals surface area contributed by atoms with Gasteiger partial charge in [-0.2, -0.15) is 0 Å². The topological polar surface area (TPSA) is 61.5 Å². The van der Waals surface area contributed by atoms with E-state index in [-0.39, 0.29) is 5.56 Å². The van der Waals surface area contributed by atoms with E-state index in [1.807, 2.05) is 30.3 Å². The fourth-order valence-corrected chi connectivity index (χ4v) is 2.78. The largest absolute Gasteiger partial charge is 0.329 e. The van der Waals surface area contributed by atoms with Crippen molar-refractivity contribution >= 4 is 44.2 Å². The average Bonchev–Trinajstić information content (AvgIpc) is 2.81. The third-order valence-corrected chi connectivity index (χ3v) is 3.54. The summed E-state index contributed by atoms with van der Waals surface area (Å²) in [4.78, 5) is 22.2. The first-order valence-electron chi connectivity index (χ1n) is 5.83. The number of aromatic nitrogens is 3. The third kappa shape index (κ3) is 1.34. The summed E-state index contributed by atoms with van der Waals surface area (Å²) in [5.41, 5.74) is 1.48. The van der Waals surface area contributed by atoms with Crippen LogP contribution in [0, 0.1) is 0 Å². The number of nitrogens with zero attached hydrogens (tertiary/aromatic N) is 1. The number of hydrogen-bond acceptors (Lipinski definition) is 2. The Labute approximate surface area is 112 Å². The molecule has 0 aliphatic heterocycles. The van der Waals surface area contributed by atoms with Crippen LogP contribution in [-0.4, -0.2) is 15.0 Å². The second-order valence-corrected chi connectivity index (χ2v) is 4.75. The standard InChI is InChI=1S/C14H8ClN3O/c15-14-17-11-8-4-2-1-3-7(8)10-9(12(11)18-14)5-6-16-13(10)19/h1-6H,(H,16,19)(H,17,18). The van der Waals surface area contributed by atoms with E-state index >= 15 is 0 Å². The molecule has 2 aromatic heterocycles. The Morgan fingerprint density at radius 3 is 2.68 bits per heavy atom. The number of fused-ring (bicyclic) bond motifs is 6. The predicted octanol–water partition coefficient (Wildman–Crippen LogP) is 3.21. The summed E-state index contributed by atoms with van der Waals surface area (Å²) in [5.74, 6) is 0. The van der Waals surface area contributed by atoms with Gasteiger partial charge in [0.25, 0.3) is 5.56 Å². The zero-order chi connectivity index (χ0) is 13.0. The zero-order valence-corrected chi connectivity index (χ0v) is 10.5. The van der Waals surface area contributed by atoms with Crippen LogP contribution in [0.2, 0.25) is 5.28 Å². The summed E-state index contributed by atoms with van der Waals surface area (Å²) < 4.78 is 0. The number of pyridine rings is 1. The van der Waals surface area contributed by atoms with Crippen molar-refractivity contribution in [2.75, 3.05) is 0 Å². The van der Waals surface area contributed by atoms with Gasteiger partial charge in [-0.05, 0) is 23.1 Å². The minimum Gasteiger partial charge on any atom is -0.329 e. The fourth-order valence-electron chi connectivity index (χ4n) is 2.60. The van der Waals surface area contributed by atoms with Crippen LogP contribution in [0.1, 0.15) is 0 Å². The van der Waals surface area contributed by atoms with Gasteiger partial charge in [0, 0.05) is 17.0 Å². The number of benzene rings is 2. The molecule has 2 N–H and O–H groups in total. The highest BCUT2D eigenvalue weighted by atomic mass is 35.5. The van der Waals surface area contributed by atoms with Gasteiger partial charge in [-0.15, -0.1) is 0 Å². The molecule has 19 heavy (non-hydrogen) atoms. The fraction of sp³-hybridized carbons (Fsp3) is 0. The smallest absolute Gasteiger partial charge is 0.256 e. The van der Waals surface area contributed by atoms with Crippen LogP contribution in [-0.2, 0) is 0 Å². The van der Waals surface area contributed by atoms with Crippen LogP contribution < -0.4 is 5.56 Å². The maximum atomic E-state index is 12.1.